The highest BCUT2D eigenvalue weighted by Gasteiger charge is 2.33. The van der Waals surface area contributed by atoms with Crippen molar-refractivity contribution in [1.82, 2.24) is 9.80 Å². The van der Waals surface area contributed by atoms with Crippen LogP contribution in [0.4, 0.5) is 18.9 Å². The number of benzene rings is 2. The highest BCUT2D eigenvalue weighted by atomic mass is 19.4. The summed E-state index contributed by atoms with van der Waals surface area (Å²) in [5.74, 6) is -0.270. The number of anilines is 1. The van der Waals surface area contributed by atoms with Crippen LogP contribution in [0.2, 0.25) is 0 Å². The second kappa shape index (κ2) is 9.68. The van der Waals surface area contributed by atoms with Gasteiger partial charge in [0, 0.05) is 56.4 Å². The molecule has 0 spiro atoms. The summed E-state index contributed by atoms with van der Waals surface area (Å²) in [6.07, 6.45) is -3.28. The fraction of sp³-hybridized carbons (Fsp3) is 0.462. The van der Waals surface area contributed by atoms with E-state index in [4.69, 9.17) is 0 Å². The van der Waals surface area contributed by atoms with Crippen molar-refractivity contribution in [2.24, 2.45) is 5.92 Å². The van der Waals surface area contributed by atoms with Gasteiger partial charge in [-0.05, 0) is 68.1 Å². The molecule has 0 N–H and O–H groups in total. The Labute approximate surface area is 198 Å². The third-order valence-electron chi connectivity index (χ3n) is 7.10. The maximum atomic E-state index is 13.1. The molecule has 2 aliphatic heterocycles. The largest absolute Gasteiger partial charge is 0.416 e. The van der Waals surface area contributed by atoms with Gasteiger partial charge in [0.05, 0.1) is 5.56 Å². The molecular formula is C26H30F3N3O2. The molecular weight excluding hydrogens is 443 g/mol. The molecule has 0 bridgehead atoms. The van der Waals surface area contributed by atoms with Crippen molar-refractivity contribution in [2.75, 3.05) is 44.2 Å². The Bertz CT molecular complexity index is 1040. The lowest BCUT2D eigenvalue weighted by atomic mass is 9.94. The van der Waals surface area contributed by atoms with Crippen LogP contribution < -0.4 is 4.90 Å². The van der Waals surface area contributed by atoms with E-state index < -0.39 is 11.7 Å². The van der Waals surface area contributed by atoms with Crippen LogP contribution in [0.1, 0.15) is 39.9 Å². The molecule has 8 heteroatoms. The lowest BCUT2D eigenvalue weighted by molar-refractivity contribution is -0.138. The van der Waals surface area contributed by atoms with Crippen LogP contribution in [0.5, 0.6) is 0 Å². The van der Waals surface area contributed by atoms with E-state index in [-0.39, 0.29) is 23.3 Å². The Hall–Kier alpha value is -3.03. The van der Waals surface area contributed by atoms with Crippen molar-refractivity contribution >= 4 is 17.5 Å². The molecule has 2 amide bonds. The minimum atomic E-state index is -4.43. The number of hydrogen-bond acceptors (Lipinski definition) is 3. The fourth-order valence-electron chi connectivity index (χ4n) is 4.82. The van der Waals surface area contributed by atoms with Crippen LogP contribution >= 0.6 is 0 Å². The van der Waals surface area contributed by atoms with Crippen LogP contribution in [0.3, 0.4) is 0 Å². The highest BCUT2D eigenvalue weighted by molar-refractivity contribution is 5.94. The summed E-state index contributed by atoms with van der Waals surface area (Å²) in [4.78, 5) is 31.7. The van der Waals surface area contributed by atoms with Gasteiger partial charge in [0.1, 0.15) is 0 Å². The molecule has 4 rings (SSSR count). The molecule has 0 aliphatic carbocycles. The van der Waals surface area contributed by atoms with Crippen molar-refractivity contribution in [3.8, 4) is 0 Å². The Kier molecular flexibility index (Phi) is 6.86. The predicted molar refractivity (Wildman–Crippen MR) is 125 cm³/mol. The summed E-state index contributed by atoms with van der Waals surface area (Å²) in [5.41, 5.74) is 3.22. The highest BCUT2D eigenvalue weighted by Crippen LogP contribution is 2.30. The second-order valence-electron chi connectivity index (χ2n) is 9.17. The molecule has 0 atom stereocenters. The number of rotatable bonds is 3. The Morgan fingerprint density at radius 3 is 2.03 bits per heavy atom. The molecule has 2 aromatic rings. The summed E-state index contributed by atoms with van der Waals surface area (Å²) in [6.45, 7) is 8.03. The van der Waals surface area contributed by atoms with Crippen molar-refractivity contribution in [1.29, 1.82) is 0 Å². The second-order valence-corrected chi connectivity index (χ2v) is 9.17. The number of carbonyl (C=O) groups is 2. The van der Waals surface area contributed by atoms with Gasteiger partial charge < -0.3 is 14.7 Å². The quantitative estimate of drug-likeness (QED) is 0.658. The zero-order valence-corrected chi connectivity index (χ0v) is 19.6. The van der Waals surface area contributed by atoms with E-state index in [9.17, 15) is 22.8 Å². The summed E-state index contributed by atoms with van der Waals surface area (Å²) >= 11 is 0. The lowest BCUT2D eigenvalue weighted by Crippen LogP contribution is -2.52. The average molecular weight is 474 g/mol. The Morgan fingerprint density at radius 2 is 1.44 bits per heavy atom. The van der Waals surface area contributed by atoms with E-state index in [2.05, 4.69) is 36.9 Å². The maximum Gasteiger partial charge on any atom is 0.416 e. The third-order valence-corrected chi connectivity index (χ3v) is 7.10. The molecule has 0 unspecified atom stereocenters. The van der Waals surface area contributed by atoms with Crippen molar-refractivity contribution in [3.63, 3.8) is 0 Å². The molecule has 34 heavy (non-hydrogen) atoms. The molecule has 2 heterocycles. The number of carbonyl (C=O) groups excluding carboxylic acids is 2. The van der Waals surface area contributed by atoms with E-state index in [1.54, 1.807) is 4.90 Å². The molecule has 0 radical (unpaired) electrons. The van der Waals surface area contributed by atoms with E-state index in [1.807, 2.05) is 4.90 Å². The minimum absolute atomic E-state index is 0.121. The first-order valence-electron chi connectivity index (χ1n) is 11.7. The average Bonchev–Trinajstić information content (AvgIpc) is 2.84. The van der Waals surface area contributed by atoms with Crippen LogP contribution in [-0.4, -0.2) is 60.9 Å². The first kappa shape index (κ1) is 24.1. The summed E-state index contributed by atoms with van der Waals surface area (Å²) in [6, 6.07) is 10.6. The summed E-state index contributed by atoms with van der Waals surface area (Å²) < 4.78 is 38.3. The fourth-order valence-corrected chi connectivity index (χ4v) is 4.82. The molecule has 2 fully saturated rings. The van der Waals surface area contributed by atoms with E-state index >= 15 is 0 Å². The van der Waals surface area contributed by atoms with Crippen LogP contribution in [-0.2, 0) is 11.0 Å². The smallest absolute Gasteiger partial charge is 0.368 e. The van der Waals surface area contributed by atoms with Crippen molar-refractivity contribution < 1.29 is 22.8 Å². The number of aryl methyl sites for hydroxylation is 1. The molecule has 182 valence electrons. The number of amides is 2. The van der Waals surface area contributed by atoms with Crippen molar-refractivity contribution in [3.05, 3.63) is 64.7 Å². The molecule has 2 aliphatic rings. The number of piperidine rings is 1. The van der Waals surface area contributed by atoms with E-state index in [0.717, 1.165) is 25.2 Å². The monoisotopic (exact) mass is 473 g/mol. The van der Waals surface area contributed by atoms with Gasteiger partial charge in [-0.15, -0.1) is 0 Å². The number of halogens is 3. The zero-order valence-electron chi connectivity index (χ0n) is 19.6. The summed E-state index contributed by atoms with van der Waals surface area (Å²) in [5, 5.41) is 0. The van der Waals surface area contributed by atoms with Gasteiger partial charge >= 0.3 is 6.18 Å². The SMILES string of the molecule is Cc1cccc(N2CCN(C(=O)C3CCN(C(=O)c4ccc(C(F)(F)F)cc4)CC3)CC2)c1C. The normalized spacial score (nSPS) is 17.7. The number of alkyl halides is 3. The topological polar surface area (TPSA) is 43.9 Å². The maximum absolute atomic E-state index is 13.1. The molecule has 0 aromatic heterocycles. The van der Waals surface area contributed by atoms with Crippen molar-refractivity contribution in [2.45, 2.75) is 32.9 Å². The minimum Gasteiger partial charge on any atom is -0.368 e. The van der Waals surface area contributed by atoms with Gasteiger partial charge in [-0.2, -0.15) is 13.2 Å². The number of hydrogen-bond donors (Lipinski definition) is 0. The molecule has 5 nitrogen and oxygen atoms in total. The first-order chi connectivity index (χ1) is 16.1. The van der Waals surface area contributed by atoms with Gasteiger partial charge in [-0.1, -0.05) is 12.1 Å². The Balaban J connectivity index is 1.28. The molecule has 2 saturated heterocycles. The predicted octanol–water partition coefficient (Wildman–Crippen LogP) is 4.52. The van der Waals surface area contributed by atoms with Crippen LogP contribution in [0, 0.1) is 19.8 Å². The summed E-state index contributed by atoms with van der Waals surface area (Å²) in [7, 11) is 0. The van der Waals surface area contributed by atoms with Gasteiger partial charge in [0.25, 0.3) is 5.91 Å². The van der Waals surface area contributed by atoms with Gasteiger partial charge in [-0.3, -0.25) is 9.59 Å². The van der Waals surface area contributed by atoms with Crippen LogP contribution in [0.25, 0.3) is 0 Å². The standard InChI is InChI=1S/C26H30F3N3O2/c1-18-4-3-5-23(19(18)2)30-14-16-32(17-15-30)25(34)21-10-12-31(13-11-21)24(33)20-6-8-22(9-7-20)26(27,28)29/h3-9,21H,10-17H2,1-2H3. The third kappa shape index (κ3) is 5.05. The Morgan fingerprint density at radius 1 is 0.824 bits per heavy atom. The van der Waals surface area contributed by atoms with E-state index in [1.165, 1.54) is 28.9 Å². The van der Waals surface area contributed by atoms with Gasteiger partial charge in [-0.25, -0.2) is 0 Å². The van der Waals surface area contributed by atoms with Gasteiger partial charge in [0.15, 0.2) is 0 Å². The van der Waals surface area contributed by atoms with Gasteiger partial charge in [0.2, 0.25) is 5.91 Å². The number of nitrogens with zero attached hydrogens (tertiary/aromatic N) is 3. The zero-order chi connectivity index (χ0) is 24.5. The molecule has 2 aromatic carbocycles. The first-order valence-corrected chi connectivity index (χ1v) is 11.7. The van der Waals surface area contributed by atoms with E-state index in [0.29, 0.717) is 39.0 Å². The number of piperazine rings is 1. The van der Waals surface area contributed by atoms with Crippen LogP contribution in [0.15, 0.2) is 42.5 Å². The number of likely N-dealkylation sites (tertiary alicyclic amines) is 1. The molecule has 0 saturated carbocycles. The lowest BCUT2D eigenvalue weighted by Gasteiger charge is -2.40.